The number of aryl methyl sites for hydroxylation is 2. The van der Waals surface area contributed by atoms with Gasteiger partial charge < -0.3 is 10.0 Å². The van der Waals surface area contributed by atoms with Gasteiger partial charge in [0.1, 0.15) is 5.75 Å². The Hall–Kier alpha value is -1.96. The summed E-state index contributed by atoms with van der Waals surface area (Å²) in [6.45, 7) is 7.92. The van der Waals surface area contributed by atoms with Gasteiger partial charge in [0.2, 0.25) is 0 Å². The molecule has 0 amide bonds. The number of phenols is 1. The number of hydrogen-bond donors (Lipinski definition) is 1. The first-order valence-electron chi connectivity index (χ1n) is 6.70. The number of benzene rings is 2. The van der Waals surface area contributed by atoms with Gasteiger partial charge >= 0.3 is 0 Å². The van der Waals surface area contributed by atoms with E-state index in [4.69, 9.17) is 0 Å². The summed E-state index contributed by atoms with van der Waals surface area (Å²) in [7, 11) is 0. The van der Waals surface area contributed by atoms with Crippen LogP contribution in [0.1, 0.15) is 23.6 Å². The van der Waals surface area contributed by atoms with Gasteiger partial charge in [-0.3, -0.25) is 0 Å². The summed E-state index contributed by atoms with van der Waals surface area (Å²) in [4.78, 5) is 2.27. The quantitative estimate of drug-likeness (QED) is 0.891. The van der Waals surface area contributed by atoms with E-state index in [1.54, 1.807) is 6.07 Å². The molecule has 1 N–H and O–H groups in total. The molecule has 100 valence electrons. The van der Waals surface area contributed by atoms with Gasteiger partial charge in [0.25, 0.3) is 0 Å². The van der Waals surface area contributed by atoms with Crippen LogP contribution in [0.3, 0.4) is 0 Å². The van der Waals surface area contributed by atoms with Crippen molar-refractivity contribution in [2.45, 2.75) is 27.3 Å². The fourth-order valence-electron chi connectivity index (χ4n) is 2.26. The van der Waals surface area contributed by atoms with Crippen LogP contribution < -0.4 is 4.90 Å². The average Bonchev–Trinajstić information content (AvgIpc) is 2.39. The minimum Gasteiger partial charge on any atom is -0.508 e. The highest BCUT2D eigenvalue weighted by Gasteiger charge is 2.08. The van der Waals surface area contributed by atoms with Crippen LogP contribution in [0.15, 0.2) is 42.5 Å². The van der Waals surface area contributed by atoms with Crippen LogP contribution in [0.4, 0.5) is 5.69 Å². The molecule has 0 heterocycles. The number of aromatic hydroxyl groups is 1. The molecule has 0 saturated heterocycles. The van der Waals surface area contributed by atoms with Crippen LogP contribution in [0.25, 0.3) is 0 Å². The summed E-state index contributed by atoms with van der Waals surface area (Å²) in [5.41, 5.74) is 4.60. The zero-order valence-electron chi connectivity index (χ0n) is 11.9. The lowest BCUT2D eigenvalue weighted by atomic mass is 10.1. The molecule has 0 aliphatic carbocycles. The van der Waals surface area contributed by atoms with Crippen LogP contribution in [0, 0.1) is 13.8 Å². The molecule has 2 aromatic carbocycles. The Balaban J connectivity index is 2.26. The predicted octanol–water partition coefficient (Wildman–Crippen LogP) is 4.04. The fourth-order valence-corrected chi connectivity index (χ4v) is 2.26. The van der Waals surface area contributed by atoms with Crippen molar-refractivity contribution < 1.29 is 5.11 Å². The average molecular weight is 255 g/mol. The van der Waals surface area contributed by atoms with E-state index in [1.165, 1.54) is 16.8 Å². The highest BCUT2D eigenvalue weighted by atomic mass is 16.3. The lowest BCUT2D eigenvalue weighted by Crippen LogP contribution is -2.22. The van der Waals surface area contributed by atoms with Crippen molar-refractivity contribution in [1.82, 2.24) is 0 Å². The van der Waals surface area contributed by atoms with Gasteiger partial charge in [-0.05, 0) is 44.5 Å². The smallest absolute Gasteiger partial charge is 0.120 e. The maximum atomic E-state index is 9.95. The third-order valence-electron chi connectivity index (χ3n) is 3.34. The largest absolute Gasteiger partial charge is 0.508 e. The first-order valence-corrected chi connectivity index (χ1v) is 6.70. The summed E-state index contributed by atoms with van der Waals surface area (Å²) in [6.07, 6.45) is 0. The van der Waals surface area contributed by atoms with Crippen molar-refractivity contribution in [2.75, 3.05) is 11.4 Å². The maximum Gasteiger partial charge on any atom is 0.120 e. The van der Waals surface area contributed by atoms with E-state index in [2.05, 4.69) is 43.0 Å². The minimum absolute atomic E-state index is 0.372. The Morgan fingerprint density at radius 1 is 1.00 bits per heavy atom. The zero-order chi connectivity index (χ0) is 13.8. The van der Waals surface area contributed by atoms with Crippen molar-refractivity contribution >= 4 is 5.69 Å². The van der Waals surface area contributed by atoms with Gasteiger partial charge in [-0.25, -0.2) is 0 Å². The van der Waals surface area contributed by atoms with Crippen molar-refractivity contribution in [2.24, 2.45) is 0 Å². The molecule has 19 heavy (non-hydrogen) atoms. The number of hydrogen-bond acceptors (Lipinski definition) is 2. The van der Waals surface area contributed by atoms with E-state index in [0.29, 0.717) is 5.75 Å². The molecule has 2 nitrogen and oxygen atoms in total. The first-order chi connectivity index (χ1) is 9.10. The molecule has 0 bridgehead atoms. The summed E-state index contributed by atoms with van der Waals surface area (Å²) in [5.74, 6) is 0.372. The van der Waals surface area contributed by atoms with E-state index < -0.39 is 0 Å². The monoisotopic (exact) mass is 255 g/mol. The Labute approximate surface area is 115 Å². The normalized spacial score (nSPS) is 10.5. The molecule has 0 radical (unpaired) electrons. The molecule has 0 aliphatic rings. The third kappa shape index (κ3) is 3.28. The first kappa shape index (κ1) is 13.5. The molecule has 2 rings (SSSR count). The second-order valence-electron chi connectivity index (χ2n) is 4.99. The van der Waals surface area contributed by atoms with Crippen molar-refractivity contribution in [3.05, 3.63) is 59.2 Å². The SMILES string of the molecule is CCN(Cc1cc(C)ccc1O)c1cccc(C)c1. The highest BCUT2D eigenvalue weighted by molar-refractivity contribution is 5.50. The number of anilines is 1. The third-order valence-corrected chi connectivity index (χ3v) is 3.34. The molecule has 0 aliphatic heterocycles. The van der Waals surface area contributed by atoms with E-state index in [-0.39, 0.29) is 0 Å². The summed E-state index contributed by atoms with van der Waals surface area (Å²) in [5, 5.41) is 9.95. The molecule has 0 spiro atoms. The van der Waals surface area contributed by atoms with Crippen LogP contribution in [0.2, 0.25) is 0 Å². The van der Waals surface area contributed by atoms with Crippen LogP contribution in [-0.4, -0.2) is 11.7 Å². The molecular weight excluding hydrogens is 234 g/mol. The zero-order valence-corrected chi connectivity index (χ0v) is 11.9. The van der Waals surface area contributed by atoms with Gasteiger partial charge in [-0.1, -0.05) is 29.8 Å². The number of nitrogens with zero attached hydrogens (tertiary/aromatic N) is 1. The van der Waals surface area contributed by atoms with E-state index in [0.717, 1.165) is 18.7 Å². The number of phenolic OH excluding ortho intramolecular Hbond substituents is 1. The van der Waals surface area contributed by atoms with E-state index >= 15 is 0 Å². The van der Waals surface area contributed by atoms with Crippen molar-refractivity contribution in [3.63, 3.8) is 0 Å². The van der Waals surface area contributed by atoms with E-state index in [1.807, 2.05) is 19.1 Å². The molecule has 0 fully saturated rings. The van der Waals surface area contributed by atoms with Crippen LogP contribution >= 0.6 is 0 Å². The van der Waals surface area contributed by atoms with Gasteiger partial charge in [0.05, 0.1) is 0 Å². The van der Waals surface area contributed by atoms with Crippen molar-refractivity contribution in [1.29, 1.82) is 0 Å². The predicted molar refractivity (Wildman–Crippen MR) is 80.7 cm³/mol. The van der Waals surface area contributed by atoms with Crippen molar-refractivity contribution in [3.8, 4) is 5.75 Å². The maximum absolute atomic E-state index is 9.95. The Bertz CT molecular complexity index is 563. The Kier molecular flexibility index (Phi) is 4.10. The Morgan fingerprint density at radius 3 is 2.42 bits per heavy atom. The fraction of sp³-hybridized carbons (Fsp3) is 0.294. The Morgan fingerprint density at radius 2 is 1.74 bits per heavy atom. The molecule has 0 saturated carbocycles. The molecule has 2 aromatic rings. The lowest BCUT2D eigenvalue weighted by Gasteiger charge is -2.24. The topological polar surface area (TPSA) is 23.5 Å². The standard InChI is InChI=1S/C17H21NO/c1-4-18(16-7-5-6-13(2)11-16)12-15-10-14(3)8-9-17(15)19/h5-11,19H,4,12H2,1-3H3. The van der Waals surface area contributed by atoms with Gasteiger partial charge in [-0.15, -0.1) is 0 Å². The highest BCUT2D eigenvalue weighted by Crippen LogP contribution is 2.24. The summed E-state index contributed by atoms with van der Waals surface area (Å²) >= 11 is 0. The number of rotatable bonds is 4. The lowest BCUT2D eigenvalue weighted by molar-refractivity contribution is 0.467. The minimum atomic E-state index is 0.372. The molecule has 0 unspecified atom stereocenters. The second-order valence-corrected chi connectivity index (χ2v) is 4.99. The molecule has 0 atom stereocenters. The second kappa shape index (κ2) is 5.79. The van der Waals surface area contributed by atoms with E-state index in [9.17, 15) is 5.11 Å². The molecule has 0 aromatic heterocycles. The van der Waals surface area contributed by atoms with Crippen LogP contribution in [-0.2, 0) is 6.54 Å². The van der Waals surface area contributed by atoms with Gasteiger partial charge in [0.15, 0.2) is 0 Å². The van der Waals surface area contributed by atoms with Gasteiger partial charge in [0, 0.05) is 24.3 Å². The molecular formula is C17H21NO. The summed E-state index contributed by atoms with van der Waals surface area (Å²) in [6, 6.07) is 14.2. The van der Waals surface area contributed by atoms with Gasteiger partial charge in [-0.2, -0.15) is 0 Å². The molecule has 2 heteroatoms. The summed E-state index contributed by atoms with van der Waals surface area (Å²) < 4.78 is 0. The van der Waals surface area contributed by atoms with Crippen LogP contribution in [0.5, 0.6) is 5.75 Å².